The van der Waals surface area contributed by atoms with Gasteiger partial charge in [0.05, 0.1) is 12.3 Å². The predicted octanol–water partition coefficient (Wildman–Crippen LogP) is 2.35. The molecular formula is C22H25N5O3S. The van der Waals surface area contributed by atoms with Gasteiger partial charge in [0.2, 0.25) is 0 Å². The van der Waals surface area contributed by atoms with E-state index < -0.39 is 17.0 Å². The fourth-order valence-electron chi connectivity index (χ4n) is 3.18. The minimum atomic E-state index is -0.669. The smallest absolute Gasteiger partial charge is 0.332 e. The van der Waals surface area contributed by atoms with E-state index >= 15 is 0 Å². The topological polar surface area (TPSA) is 113 Å². The molecule has 2 N–H and O–H groups in total. The van der Waals surface area contributed by atoms with Gasteiger partial charge in [-0.2, -0.15) is 0 Å². The van der Waals surface area contributed by atoms with Crippen LogP contribution in [0.4, 0.5) is 5.82 Å². The third-order valence-corrected chi connectivity index (χ3v) is 6.04. The summed E-state index contributed by atoms with van der Waals surface area (Å²) < 4.78 is 2.31. The molecule has 0 fully saturated rings. The second-order valence-electron chi connectivity index (χ2n) is 7.18. The molecular weight excluding hydrogens is 414 g/mol. The Morgan fingerprint density at radius 2 is 1.65 bits per heavy atom. The van der Waals surface area contributed by atoms with E-state index in [1.165, 1.54) is 4.57 Å². The van der Waals surface area contributed by atoms with Gasteiger partial charge in [0.1, 0.15) is 11.4 Å². The Morgan fingerprint density at radius 3 is 2.23 bits per heavy atom. The molecule has 3 aromatic rings. The SMILES string of the molecule is CCn1c(=O)c(C(=O)CSc2nc(C)c(C)c(C)n2)c(N)n(Cc2ccccc2)c1=O. The molecule has 9 heteroatoms. The standard InChI is InChI=1S/C22H25N5O3S/c1-5-26-20(29)18(17(28)12-31-21-24-14(3)13(2)15(4)25-21)19(23)27(22(26)30)11-16-9-7-6-8-10-16/h6-10H,5,11-12,23H2,1-4H3. The summed E-state index contributed by atoms with van der Waals surface area (Å²) in [6.45, 7) is 7.69. The number of aryl methyl sites for hydroxylation is 2. The number of carbonyl (C=O) groups is 1. The second kappa shape index (κ2) is 9.30. The lowest BCUT2D eigenvalue weighted by Crippen LogP contribution is -2.44. The fraction of sp³-hybridized carbons (Fsp3) is 0.318. The van der Waals surface area contributed by atoms with Gasteiger partial charge in [-0.15, -0.1) is 0 Å². The molecule has 0 atom stereocenters. The summed E-state index contributed by atoms with van der Waals surface area (Å²) in [6.07, 6.45) is 0. The van der Waals surface area contributed by atoms with Crippen molar-refractivity contribution in [3.63, 3.8) is 0 Å². The molecule has 0 aliphatic heterocycles. The van der Waals surface area contributed by atoms with Gasteiger partial charge >= 0.3 is 5.69 Å². The van der Waals surface area contributed by atoms with E-state index in [9.17, 15) is 14.4 Å². The van der Waals surface area contributed by atoms with E-state index in [2.05, 4.69) is 9.97 Å². The third kappa shape index (κ3) is 4.61. The molecule has 0 amide bonds. The summed E-state index contributed by atoms with van der Waals surface area (Å²) in [4.78, 5) is 47.5. The Kier molecular flexibility index (Phi) is 6.74. The number of Topliss-reactive ketones (excluding diaryl/α,β-unsaturated/α-hetero) is 1. The van der Waals surface area contributed by atoms with Gasteiger partial charge in [0.25, 0.3) is 5.56 Å². The molecule has 0 bridgehead atoms. The van der Waals surface area contributed by atoms with Crippen LogP contribution in [-0.2, 0) is 13.1 Å². The summed E-state index contributed by atoms with van der Waals surface area (Å²) in [5, 5.41) is 0.459. The van der Waals surface area contributed by atoms with Crippen LogP contribution in [0.15, 0.2) is 45.1 Å². The van der Waals surface area contributed by atoms with Gasteiger partial charge in [0, 0.05) is 17.9 Å². The summed E-state index contributed by atoms with van der Waals surface area (Å²) in [5.41, 5.74) is 8.32. The van der Waals surface area contributed by atoms with Crippen molar-refractivity contribution in [3.05, 3.63) is 79.2 Å². The van der Waals surface area contributed by atoms with E-state index in [1.807, 2.05) is 51.1 Å². The summed E-state index contributed by atoms with van der Waals surface area (Å²) in [5.74, 6) is -0.642. The maximum absolute atomic E-state index is 13.0. The number of aromatic nitrogens is 4. The molecule has 0 radical (unpaired) electrons. The van der Waals surface area contributed by atoms with E-state index in [0.717, 1.165) is 38.8 Å². The maximum Gasteiger partial charge on any atom is 0.332 e. The highest BCUT2D eigenvalue weighted by Gasteiger charge is 2.23. The average Bonchev–Trinajstić information content (AvgIpc) is 2.74. The van der Waals surface area contributed by atoms with Crippen LogP contribution in [0.2, 0.25) is 0 Å². The third-order valence-electron chi connectivity index (χ3n) is 5.19. The zero-order chi connectivity index (χ0) is 22.7. The largest absolute Gasteiger partial charge is 0.384 e. The predicted molar refractivity (Wildman–Crippen MR) is 122 cm³/mol. The van der Waals surface area contributed by atoms with Crippen molar-refractivity contribution >= 4 is 23.4 Å². The first-order chi connectivity index (χ1) is 14.7. The Morgan fingerprint density at radius 1 is 1.03 bits per heavy atom. The van der Waals surface area contributed by atoms with E-state index in [4.69, 9.17) is 5.73 Å². The van der Waals surface area contributed by atoms with Gasteiger partial charge in [0.15, 0.2) is 10.9 Å². The van der Waals surface area contributed by atoms with Crippen molar-refractivity contribution in [1.29, 1.82) is 0 Å². The minimum absolute atomic E-state index is 0.0609. The molecule has 0 unspecified atom stereocenters. The number of benzene rings is 1. The fourth-order valence-corrected chi connectivity index (χ4v) is 3.99. The molecule has 31 heavy (non-hydrogen) atoms. The number of carbonyl (C=O) groups excluding carboxylic acids is 1. The first kappa shape index (κ1) is 22.5. The summed E-state index contributed by atoms with van der Waals surface area (Å²) >= 11 is 1.14. The number of hydrogen-bond acceptors (Lipinski definition) is 7. The maximum atomic E-state index is 13.0. The van der Waals surface area contributed by atoms with Gasteiger partial charge in [-0.25, -0.2) is 14.8 Å². The quantitative estimate of drug-likeness (QED) is 0.341. The summed E-state index contributed by atoms with van der Waals surface area (Å²) in [7, 11) is 0. The summed E-state index contributed by atoms with van der Waals surface area (Å²) in [6, 6.07) is 9.26. The molecule has 0 aliphatic carbocycles. The van der Waals surface area contributed by atoms with Crippen molar-refractivity contribution in [3.8, 4) is 0 Å². The number of nitrogens with zero attached hydrogens (tertiary/aromatic N) is 4. The minimum Gasteiger partial charge on any atom is -0.384 e. The van der Waals surface area contributed by atoms with Crippen molar-refractivity contribution in [1.82, 2.24) is 19.1 Å². The Hall–Kier alpha value is -3.20. The van der Waals surface area contributed by atoms with Crippen LogP contribution in [0.3, 0.4) is 0 Å². The number of hydrogen-bond donors (Lipinski definition) is 1. The van der Waals surface area contributed by atoms with Gasteiger partial charge in [-0.3, -0.25) is 18.7 Å². The Balaban J connectivity index is 1.98. The molecule has 0 saturated heterocycles. The van der Waals surface area contributed by atoms with Gasteiger partial charge in [-0.05, 0) is 38.8 Å². The lowest BCUT2D eigenvalue weighted by molar-refractivity contribution is 0.102. The lowest BCUT2D eigenvalue weighted by Gasteiger charge is -2.15. The highest BCUT2D eigenvalue weighted by molar-refractivity contribution is 7.99. The molecule has 0 saturated carbocycles. The number of ketones is 1. The molecule has 3 rings (SSSR count). The zero-order valence-electron chi connectivity index (χ0n) is 18.0. The van der Waals surface area contributed by atoms with Crippen LogP contribution in [0, 0.1) is 20.8 Å². The molecule has 8 nitrogen and oxygen atoms in total. The number of anilines is 1. The second-order valence-corrected chi connectivity index (χ2v) is 8.12. The number of rotatable bonds is 7. The number of nitrogens with two attached hydrogens (primary N) is 1. The van der Waals surface area contributed by atoms with Crippen molar-refractivity contribution in [2.45, 2.75) is 45.9 Å². The molecule has 0 aliphatic rings. The van der Waals surface area contributed by atoms with E-state index in [-0.39, 0.29) is 30.2 Å². The number of thioether (sulfide) groups is 1. The highest BCUT2D eigenvalue weighted by atomic mass is 32.2. The van der Waals surface area contributed by atoms with Crippen molar-refractivity contribution in [2.24, 2.45) is 0 Å². The van der Waals surface area contributed by atoms with Crippen LogP contribution in [-0.4, -0.2) is 30.6 Å². The molecule has 2 aromatic heterocycles. The van der Waals surface area contributed by atoms with Crippen LogP contribution in [0.25, 0.3) is 0 Å². The van der Waals surface area contributed by atoms with Crippen LogP contribution in [0.1, 0.15) is 39.8 Å². The van der Waals surface area contributed by atoms with Crippen molar-refractivity contribution < 1.29 is 4.79 Å². The zero-order valence-corrected chi connectivity index (χ0v) is 18.8. The van der Waals surface area contributed by atoms with Gasteiger partial charge in [-0.1, -0.05) is 42.1 Å². The first-order valence-corrected chi connectivity index (χ1v) is 10.9. The van der Waals surface area contributed by atoms with E-state index in [1.54, 1.807) is 6.92 Å². The Bertz CT molecular complexity index is 1230. The average molecular weight is 440 g/mol. The lowest BCUT2D eigenvalue weighted by atomic mass is 10.2. The molecule has 1 aromatic carbocycles. The van der Waals surface area contributed by atoms with Crippen LogP contribution in [0.5, 0.6) is 0 Å². The highest BCUT2D eigenvalue weighted by Crippen LogP contribution is 2.19. The first-order valence-electron chi connectivity index (χ1n) is 9.89. The Labute approximate surface area is 184 Å². The van der Waals surface area contributed by atoms with Crippen molar-refractivity contribution in [2.75, 3.05) is 11.5 Å². The number of nitrogen functional groups attached to an aromatic ring is 1. The monoisotopic (exact) mass is 439 g/mol. The molecule has 2 heterocycles. The molecule has 0 spiro atoms. The van der Waals surface area contributed by atoms with Gasteiger partial charge < -0.3 is 5.73 Å². The normalized spacial score (nSPS) is 11.0. The van der Waals surface area contributed by atoms with Crippen LogP contribution >= 0.6 is 11.8 Å². The molecule has 162 valence electrons. The van der Waals surface area contributed by atoms with E-state index in [0.29, 0.717) is 5.16 Å². The van der Waals surface area contributed by atoms with Crippen LogP contribution < -0.4 is 17.0 Å².